The predicted octanol–water partition coefficient (Wildman–Crippen LogP) is 2.63. The molecular formula is C8H5ClOS. The van der Waals surface area contributed by atoms with E-state index in [4.69, 9.17) is 11.6 Å². The molecule has 11 heavy (non-hydrogen) atoms. The number of hydrogen-bond donors (Lipinski definition) is 0. The molecule has 0 spiro atoms. The molecule has 0 fully saturated rings. The average molecular weight is 185 g/mol. The van der Waals surface area contributed by atoms with Gasteiger partial charge in [0.1, 0.15) is 0 Å². The summed E-state index contributed by atoms with van der Waals surface area (Å²) < 4.78 is 0. The minimum atomic E-state index is 0.188. The molecule has 1 nitrogen and oxygen atoms in total. The van der Waals surface area contributed by atoms with Crippen molar-refractivity contribution in [1.82, 2.24) is 0 Å². The van der Waals surface area contributed by atoms with Crippen LogP contribution in [0.15, 0.2) is 23.1 Å². The Bertz CT molecular complexity index is 322. The van der Waals surface area contributed by atoms with Crippen LogP contribution in [0, 0.1) is 0 Å². The maximum atomic E-state index is 11.1. The van der Waals surface area contributed by atoms with Crippen molar-refractivity contribution in [3.8, 4) is 0 Å². The zero-order valence-electron chi connectivity index (χ0n) is 5.63. The van der Waals surface area contributed by atoms with E-state index >= 15 is 0 Å². The number of carbonyl (C=O) groups is 1. The van der Waals surface area contributed by atoms with E-state index in [2.05, 4.69) is 0 Å². The van der Waals surface area contributed by atoms with Crippen LogP contribution in [0.5, 0.6) is 0 Å². The van der Waals surface area contributed by atoms with E-state index in [1.807, 2.05) is 12.1 Å². The van der Waals surface area contributed by atoms with Crippen LogP contribution in [0.1, 0.15) is 10.4 Å². The molecule has 0 aliphatic carbocycles. The summed E-state index contributed by atoms with van der Waals surface area (Å²) in [5.41, 5.74) is 0.780. The van der Waals surface area contributed by atoms with Crippen molar-refractivity contribution >= 4 is 29.1 Å². The molecule has 3 heteroatoms. The first-order chi connectivity index (χ1) is 5.27. The maximum Gasteiger partial charge on any atom is 0.174 e. The molecule has 0 saturated heterocycles. The second-order valence-electron chi connectivity index (χ2n) is 2.35. The Morgan fingerprint density at radius 3 is 3.09 bits per heavy atom. The second-order valence-corrected chi connectivity index (χ2v) is 3.81. The van der Waals surface area contributed by atoms with Crippen molar-refractivity contribution in [2.75, 3.05) is 5.75 Å². The largest absolute Gasteiger partial charge is 0.293 e. The number of rotatable bonds is 0. The Balaban J connectivity index is 2.60. The van der Waals surface area contributed by atoms with Crippen molar-refractivity contribution < 1.29 is 4.79 Å². The summed E-state index contributed by atoms with van der Waals surface area (Å²) in [5.74, 6) is 0.753. The third-order valence-electron chi connectivity index (χ3n) is 1.60. The highest BCUT2D eigenvalue weighted by Gasteiger charge is 2.19. The zero-order valence-corrected chi connectivity index (χ0v) is 7.21. The molecule has 1 heterocycles. The van der Waals surface area contributed by atoms with Gasteiger partial charge in [0.05, 0.1) is 5.75 Å². The molecule has 0 N–H and O–H groups in total. The average Bonchev–Trinajstić information content (AvgIpc) is 2.33. The number of hydrogen-bond acceptors (Lipinski definition) is 2. The van der Waals surface area contributed by atoms with E-state index in [9.17, 15) is 4.79 Å². The Kier molecular flexibility index (Phi) is 1.66. The molecule has 56 valence electrons. The van der Waals surface area contributed by atoms with Gasteiger partial charge < -0.3 is 0 Å². The lowest BCUT2D eigenvalue weighted by atomic mass is 10.2. The number of halogens is 1. The fourth-order valence-electron chi connectivity index (χ4n) is 1.07. The third-order valence-corrected chi connectivity index (χ3v) is 2.91. The molecule has 2 rings (SSSR count). The van der Waals surface area contributed by atoms with E-state index in [0.29, 0.717) is 10.8 Å². The highest BCUT2D eigenvalue weighted by Crippen LogP contribution is 2.32. The number of benzene rings is 1. The second kappa shape index (κ2) is 2.54. The molecule has 0 atom stereocenters. The Morgan fingerprint density at radius 2 is 2.27 bits per heavy atom. The van der Waals surface area contributed by atoms with Gasteiger partial charge in [-0.2, -0.15) is 0 Å². The number of Topliss-reactive ketones (excluding diaryl/α,β-unsaturated/α-hetero) is 1. The molecule has 1 aromatic rings. The minimum Gasteiger partial charge on any atom is -0.293 e. The van der Waals surface area contributed by atoms with Crippen molar-refractivity contribution in [2.45, 2.75) is 4.90 Å². The number of thioether (sulfide) groups is 1. The van der Waals surface area contributed by atoms with E-state index in [-0.39, 0.29) is 5.78 Å². The lowest BCUT2D eigenvalue weighted by molar-refractivity contribution is 0.102. The van der Waals surface area contributed by atoms with E-state index < -0.39 is 0 Å². The summed E-state index contributed by atoms with van der Waals surface area (Å²) in [7, 11) is 0. The van der Waals surface area contributed by atoms with Gasteiger partial charge in [-0.3, -0.25) is 4.79 Å². The van der Waals surface area contributed by atoms with Crippen molar-refractivity contribution in [3.05, 3.63) is 28.8 Å². The lowest BCUT2D eigenvalue weighted by Crippen LogP contribution is -1.93. The van der Waals surface area contributed by atoms with Crippen LogP contribution in [-0.2, 0) is 0 Å². The standard InChI is InChI=1S/C8H5ClOS/c9-5-1-2-8-6(3-5)7(10)4-11-8/h1-3H,4H2. The molecular weight excluding hydrogens is 180 g/mol. The number of fused-ring (bicyclic) bond motifs is 1. The van der Waals surface area contributed by atoms with Crippen molar-refractivity contribution in [2.24, 2.45) is 0 Å². The molecule has 0 bridgehead atoms. The van der Waals surface area contributed by atoms with Gasteiger partial charge >= 0.3 is 0 Å². The van der Waals surface area contributed by atoms with Gasteiger partial charge in [0.15, 0.2) is 5.78 Å². The smallest absolute Gasteiger partial charge is 0.174 e. The quantitative estimate of drug-likeness (QED) is 0.617. The topological polar surface area (TPSA) is 17.1 Å². The fourth-order valence-corrected chi connectivity index (χ4v) is 2.17. The molecule has 1 aliphatic heterocycles. The molecule has 0 amide bonds. The van der Waals surface area contributed by atoms with Gasteiger partial charge in [0, 0.05) is 15.5 Å². The number of ketones is 1. The van der Waals surface area contributed by atoms with Crippen LogP contribution in [0.3, 0.4) is 0 Å². The molecule has 1 aliphatic rings. The van der Waals surface area contributed by atoms with E-state index in [1.54, 1.807) is 17.8 Å². The predicted molar refractivity (Wildman–Crippen MR) is 46.5 cm³/mol. The summed E-state index contributed by atoms with van der Waals surface area (Å²) in [5, 5.41) is 0.639. The number of carbonyl (C=O) groups excluding carboxylic acids is 1. The minimum absolute atomic E-state index is 0.188. The van der Waals surface area contributed by atoms with Crippen LogP contribution in [0.25, 0.3) is 0 Å². The summed E-state index contributed by atoms with van der Waals surface area (Å²) in [6.07, 6.45) is 0. The fraction of sp³-hybridized carbons (Fsp3) is 0.125. The van der Waals surface area contributed by atoms with Gasteiger partial charge in [0.2, 0.25) is 0 Å². The van der Waals surface area contributed by atoms with Crippen LogP contribution in [0.4, 0.5) is 0 Å². The van der Waals surface area contributed by atoms with Crippen LogP contribution < -0.4 is 0 Å². The molecule has 0 saturated carbocycles. The summed E-state index contributed by atoms with van der Waals surface area (Å²) in [4.78, 5) is 12.2. The molecule has 0 unspecified atom stereocenters. The van der Waals surface area contributed by atoms with E-state index in [0.717, 1.165) is 10.5 Å². The van der Waals surface area contributed by atoms with Crippen molar-refractivity contribution in [3.63, 3.8) is 0 Å². The maximum absolute atomic E-state index is 11.1. The molecule has 1 aromatic carbocycles. The first kappa shape index (κ1) is 7.19. The SMILES string of the molecule is O=C1CSc2ccc(Cl)cc21. The first-order valence-corrected chi connectivity index (χ1v) is 4.59. The van der Waals surface area contributed by atoms with Crippen molar-refractivity contribution in [1.29, 1.82) is 0 Å². The zero-order chi connectivity index (χ0) is 7.84. The van der Waals surface area contributed by atoms with Gasteiger partial charge in [0.25, 0.3) is 0 Å². The summed E-state index contributed by atoms with van der Waals surface area (Å²) in [6, 6.07) is 5.44. The van der Waals surface area contributed by atoms with E-state index in [1.165, 1.54) is 0 Å². The lowest BCUT2D eigenvalue weighted by Gasteiger charge is -1.94. The van der Waals surface area contributed by atoms with Gasteiger partial charge in [-0.1, -0.05) is 11.6 Å². The first-order valence-electron chi connectivity index (χ1n) is 3.23. The third kappa shape index (κ3) is 1.17. The van der Waals surface area contributed by atoms with Crippen LogP contribution in [-0.4, -0.2) is 11.5 Å². The summed E-state index contributed by atoms with van der Waals surface area (Å²) >= 11 is 7.30. The molecule has 0 aromatic heterocycles. The Hall–Kier alpha value is -0.470. The highest BCUT2D eigenvalue weighted by molar-refractivity contribution is 8.00. The normalized spacial score (nSPS) is 15.2. The summed E-state index contributed by atoms with van der Waals surface area (Å²) in [6.45, 7) is 0. The Morgan fingerprint density at radius 1 is 1.45 bits per heavy atom. The monoisotopic (exact) mass is 184 g/mol. The van der Waals surface area contributed by atoms with Crippen LogP contribution in [0.2, 0.25) is 5.02 Å². The Labute approximate surface area is 73.7 Å². The van der Waals surface area contributed by atoms with Gasteiger partial charge in [-0.15, -0.1) is 11.8 Å². The van der Waals surface area contributed by atoms with Crippen LogP contribution >= 0.6 is 23.4 Å². The molecule has 0 radical (unpaired) electrons. The highest BCUT2D eigenvalue weighted by atomic mass is 35.5. The van der Waals surface area contributed by atoms with Gasteiger partial charge in [-0.25, -0.2) is 0 Å². The van der Waals surface area contributed by atoms with Gasteiger partial charge in [-0.05, 0) is 18.2 Å².